The van der Waals surface area contributed by atoms with Gasteiger partial charge in [-0.15, -0.1) is 0 Å². The third kappa shape index (κ3) is 5.10. The van der Waals surface area contributed by atoms with Crippen LogP contribution >= 0.6 is 0 Å². The molecule has 21 heavy (non-hydrogen) atoms. The number of aryl methyl sites for hydroxylation is 1. The molecule has 0 aromatic heterocycles. The summed E-state index contributed by atoms with van der Waals surface area (Å²) in [5, 5.41) is 2.82. The maximum atomic E-state index is 11.7. The first kappa shape index (κ1) is 15.4. The van der Waals surface area contributed by atoms with Gasteiger partial charge in [-0.25, -0.2) is 0 Å². The van der Waals surface area contributed by atoms with Crippen molar-refractivity contribution in [3.8, 4) is 5.75 Å². The van der Waals surface area contributed by atoms with E-state index < -0.39 is 6.10 Å². The second-order valence-corrected chi connectivity index (χ2v) is 5.26. The molecule has 5 nitrogen and oxygen atoms in total. The number of carbonyl (C=O) groups excluding carboxylic acids is 2. The van der Waals surface area contributed by atoms with Crippen molar-refractivity contribution in [1.82, 2.24) is 5.32 Å². The van der Waals surface area contributed by atoms with Crippen molar-refractivity contribution in [3.63, 3.8) is 0 Å². The molecule has 0 saturated heterocycles. The number of hydrogen-bond donors (Lipinski definition) is 1. The predicted octanol–water partition coefficient (Wildman–Crippen LogP) is 1.84. The van der Waals surface area contributed by atoms with Crippen LogP contribution in [0.5, 0.6) is 5.75 Å². The van der Waals surface area contributed by atoms with E-state index in [-0.39, 0.29) is 24.3 Å². The molecule has 0 heterocycles. The highest BCUT2D eigenvalue weighted by Crippen LogP contribution is 2.19. The maximum Gasteiger partial charge on any atom is 0.306 e. The third-order valence-electron chi connectivity index (χ3n) is 3.38. The normalized spacial score (nSPS) is 15.1. The van der Waals surface area contributed by atoms with Crippen molar-refractivity contribution in [2.45, 2.75) is 44.8 Å². The van der Waals surface area contributed by atoms with E-state index >= 15 is 0 Å². The first-order chi connectivity index (χ1) is 10.1. The molecular weight excluding hydrogens is 270 g/mol. The summed E-state index contributed by atoms with van der Waals surface area (Å²) in [6.07, 6.45) is 2.15. The fourth-order valence-electron chi connectivity index (χ4n) is 1.89. The number of benzene rings is 1. The van der Waals surface area contributed by atoms with E-state index in [1.54, 1.807) is 14.0 Å². The monoisotopic (exact) mass is 291 g/mol. The number of carbonyl (C=O) groups is 2. The first-order valence-corrected chi connectivity index (χ1v) is 7.21. The lowest BCUT2D eigenvalue weighted by atomic mass is 10.1. The molecule has 0 unspecified atom stereocenters. The minimum absolute atomic E-state index is 0.213. The average molecular weight is 291 g/mol. The number of nitrogens with one attached hydrogen (secondary N) is 1. The third-order valence-corrected chi connectivity index (χ3v) is 3.38. The van der Waals surface area contributed by atoms with Crippen molar-refractivity contribution in [1.29, 1.82) is 0 Å². The average Bonchev–Trinajstić information content (AvgIpc) is 3.29. The van der Waals surface area contributed by atoms with E-state index in [4.69, 9.17) is 9.47 Å². The minimum atomic E-state index is -0.728. The van der Waals surface area contributed by atoms with Gasteiger partial charge in [0.1, 0.15) is 5.75 Å². The highest BCUT2D eigenvalue weighted by atomic mass is 16.5. The molecule has 1 aromatic rings. The molecule has 1 amide bonds. The lowest BCUT2D eigenvalue weighted by Crippen LogP contribution is -2.37. The fraction of sp³-hybridized carbons (Fsp3) is 0.500. The SMILES string of the molecule is COc1ccc(CCC(=O)O[C@@H](C)C(=O)NC2CC2)cc1. The quantitative estimate of drug-likeness (QED) is 0.779. The molecule has 1 fully saturated rings. The molecule has 0 bridgehead atoms. The molecular formula is C16H21NO4. The highest BCUT2D eigenvalue weighted by Gasteiger charge is 2.27. The Hall–Kier alpha value is -2.04. The van der Waals surface area contributed by atoms with E-state index in [0.717, 1.165) is 24.2 Å². The van der Waals surface area contributed by atoms with Gasteiger partial charge in [0.2, 0.25) is 0 Å². The highest BCUT2D eigenvalue weighted by molar-refractivity contribution is 5.83. The van der Waals surface area contributed by atoms with Crippen LogP contribution in [0.3, 0.4) is 0 Å². The van der Waals surface area contributed by atoms with E-state index in [9.17, 15) is 9.59 Å². The van der Waals surface area contributed by atoms with E-state index in [2.05, 4.69) is 5.32 Å². The van der Waals surface area contributed by atoms with Gasteiger partial charge in [0.25, 0.3) is 5.91 Å². The molecule has 5 heteroatoms. The second kappa shape index (κ2) is 7.11. The summed E-state index contributed by atoms with van der Waals surface area (Å²) < 4.78 is 10.2. The molecule has 0 aliphatic heterocycles. The summed E-state index contributed by atoms with van der Waals surface area (Å²) in [7, 11) is 1.61. The van der Waals surface area contributed by atoms with Gasteiger partial charge < -0.3 is 14.8 Å². The summed E-state index contributed by atoms with van der Waals surface area (Å²) in [5.41, 5.74) is 1.03. The number of esters is 1. The second-order valence-electron chi connectivity index (χ2n) is 5.26. The van der Waals surface area contributed by atoms with E-state index in [0.29, 0.717) is 6.42 Å². The van der Waals surface area contributed by atoms with Gasteiger partial charge in [-0.3, -0.25) is 9.59 Å². The van der Waals surface area contributed by atoms with E-state index in [1.807, 2.05) is 24.3 Å². The van der Waals surface area contributed by atoms with Crippen molar-refractivity contribution in [2.24, 2.45) is 0 Å². The molecule has 0 spiro atoms. The number of rotatable bonds is 7. The van der Waals surface area contributed by atoms with Crippen molar-refractivity contribution in [2.75, 3.05) is 7.11 Å². The van der Waals surface area contributed by atoms with Crippen LogP contribution in [-0.4, -0.2) is 31.1 Å². The molecule has 1 atom stereocenters. The molecule has 1 aliphatic carbocycles. The van der Waals surface area contributed by atoms with Gasteiger partial charge in [0.15, 0.2) is 6.10 Å². The van der Waals surface area contributed by atoms with Gasteiger partial charge >= 0.3 is 5.97 Å². The zero-order valence-electron chi connectivity index (χ0n) is 12.4. The maximum absolute atomic E-state index is 11.7. The predicted molar refractivity (Wildman–Crippen MR) is 78.0 cm³/mol. The fourth-order valence-corrected chi connectivity index (χ4v) is 1.89. The zero-order valence-corrected chi connectivity index (χ0v) is 12.4. The Morgan fingerprint density at radius 1 is 1.29 bits per heavy atom. The van der Waals surface area contributed by atoms with Crippen LogP contribution in [-0.2, 0) is 20.7 Å². The minimum Gasteiger partial charge on any atom is -0.497 e. The topological polar surface area (TPSA) is 64.6 Å². The largest absolute Gasteiger partial charge is 0.497 e. The van der Waals surface area contributed by atoms with Crippen LogP contribution in [0.15, 0.2) is 24.3 Å². The Labute approximate surface area is 124 Å². The molecule has 0 radical (unpaired) electrons. The molecule has 2 rings (SSSR count). The zero-order chi connectivity index (χ0) is 15.2. The first-order valence-electron chi connectivity index (χ1n) is 7.21. The lowest BCUT2D eigenvalue weighted by Gasteiger charge is -2.13. The van der Waals surface area contributed by atoms with Crippen molar-refractivity contribution >= 4 is 11.9 Å². The van der Waals surface area contributed by atoms with Crippen LogP contribution in [0.25, 0.3) is 0 Å². The van der Waals surface area contributed by atoms with Crippen LogP contribution in [0.4, 0.5) is 0 Å². The molecule has 1 saturated carbocycles. The van der Waals surface area contributed by atoms with Crippen LogP contribution < -0.4 is 10.1 Å². The summed E-state index contributed by atoms with van der Waals surface area (Å²) in [5.74, 6) is 0.214. The van der Waals surface area contributed by atoms with Gasteiger partial charge in [0, 0.05) is 12.5 Å². The molecule has 114 valence electrons. The van der Waals surface area contributed by atoms with Crippen molar-refractivity contribution < 1.29 is 19.1 Å². The summed E-state index contributed by atoms with van der Waals surface area (Å²) in [6, 6.07) is 7.81. The molecule has 1 N–H and O–H groups in total. The Morgan fingerprint density at radius 3 is 2.52 bits per heavy atom. The Balaban J connectivity index is 1.71. The lowest BCUT2D eigenvalue weighted by molar-refractivity contribution is -0.154. The standard InChI is InChI=1S/C16H21NO4/c1-11(16(19)17-13-6-7-13)21-15(18)10-5-12-3-8-14(20-2)9-4-12/h3-4,8-9,11,13H,5-7,10H2,1-2H3,(H,17,19)/t11-/m0/s1. The smallest absolute Gasteiger partial charge is 0.306 e. The number of ether oxygens (including phenoxy) is 2. The Kier molecular flexibility index (Phi) is 5.20. The van der Waals surface area contributed by atoms with Crippen LogP contribution in [0, 0.1) is 0 Å². The van der Waals surface area contributed by atoms with Crippen molar-refractivity contribution in [3.05, 3.63) is 29.8 Å². The number of amides is 1. The van der Waals surface area contributed by atoms with Crippen LogP contribution in [0.2, 0.25) is 0 Å². The van der Waals surface area contributed by atoms with Gasteiger partial charge in [0.05, 0.1) is 7.11 Å². The summed E-state index contributed by atoms with van der Waals surface area (Å²) in [4.78, 5) is 23.4. The summed E-state index contributed by atoms with van der Waals surface area (Å²) in [6.45, 7) is 1.60. The Morgan fingerprint density at radius 2 is 1.95 bits per heavy atom. The summed E-state index contributed by atoms with van der Waals surface area (Å²) >= 11 is 0. The van der Waals surface area contributed by atoms with Gasteiger partial charge in [-0.2, -0.15) is 0 Å². The van der Waals surface area contributed by atoms with Gasteiger partial charge in [-0.1, -0.05) is 12.1 Å². The van der Waals surface area contributed by atoms with E-state index in [1.165, 1.54) is 0 Å². The van der Waals surface area contributed by atoms with Crippen LogP contribution in [0.1, 0.15) is 31.7 Å². The molecule has 1 aliphatic rings. The molecule has 1 aromatic carbocycles. The number of hydrogen-bond acceptors (Lipinski definition) is 4. The Bertz CT molecular complexity index is 494. The number of methoxy groups -OCH3 is 1. The van der Waals surface area contributed by atoms with Gasteiger partial charge in [-0.05, 0) is 43.9 Å².